The molecule has 1 atom stereocenters. The zero-order valence-corrected chi connectivity index (χ0v) is 14.6. The first-order chi connectivity index (χ1) is 9.99. The fourth-order valence-electron chi connectivity index (χ4n) is 2.18. The summed E-state index contributed by atoms with van der Waals surface area (Å²) in [4.78, 5) is 0. The normalized spacial score (nSPS) is 12.4. The first kappa shape index (κ1) is 16.8. The van der Waals surface area contributed by atoms with Gasteiger partial charge in [0.25, 0.3) is 0 Å². The highest BCUT2D eigenvalue weighted by Gasteiger charge is 2.13. The second kappa shape index (κ2) is 7.59. The van der Waals surface area contributed by atoms with Crippen molar-refractivity contribution in [2.24, 2.45) is 0 Å². The molecular weight excluding hydrogens is 376 g/mol. The van der Waals surface area contributed by atoms with Gasteiger partial charge in [-0.05, 0) is 55.3 Å². The van der Waals surface area contributed by atoms with E-state index in [-0.39, 0.29) is 11.9 Å². The molecule has 0 heterocycles. The Hall–Kier alpha value is -0.610. The predicted octanol–water partition coefficient (Wildman–Crippen LogP) is 5.27. The number of hydrogen-bond acceptors (Lipinski definition) is 1. The molecule has 0 aliphatic heterocycles. The van der Waals surface area contributed by atoms with Crippen molar-refractivity contribution in [3.8, 4) is 0 Å². The zero-order valence-electron chi connectivity index (χ0n) is 11.5. The van der Waals surface area contributed by atoms with Crippen LogP contribution in [0.3, 0.4) is 0 Å². The van der Waals surface area contributed by atoms with Crippen LogP contribution in [0.5, 0.6) is 0 Å². The number of halogens is 4. The largest absolute Gasteiger partial charge is 0.316 e. The zero-order chi connectivity index (χ0) is 15.4. The van der Waals surface area contributed by atoms with Crippen LogP contribution in [-0.2, 0) is 12.8 Å². The molecule has 2 aromatic rings. The minimum absolute atomic E-state index is 0.173. The van der Waals surface area contributed by atoms with E-state index in [4.69, 9.17) is 23.2 Å². The molecule has 0 radical (unpaired) electrons. The van der Waals surface area contributed by atoms with Crippen molar-refractivity contribution in [1.82, 2.24) is 5.32 Å². The Morgan fingerprint density at radius 2 is 1.62 bits per heavy atom. The minimum Gasteiger partial charge on any atom is -0.316 e. The molecule has 0 spiro atoms. The molecule has 0 aliphatic carbocycles. The van der Waals surface area contributed by atoms with Crippen molar-refractivity contribution in [3.05, 3.63) is 67.9 Å². The van der Waals surface area contributed by atoms with Crippen LogP contribution in [0.2, 0.25) is 10.0 Å². The van der Waals surface area contributed by atoms with Crippen LogP contribution in [0.15, 0.2) is 40.9 Å². The second-order valence-corrected chi connectivity index (χ2v) is 6.60. The third-order valence-corrected chi connectivity index (χ3v) is 4.57. The Balaban J connectivity index is 2.13. The third-order valence-electron chi connectivity index (χ3n) is 3.37. The maximum absolute atomic E-state index is 13.1. The molecule has 0 amide bonds. The van der Waals surface area contributed by atoms with Crippen LogP contribution in [-0.4, -0.2) is 13.1 Å². The lowest BCUT2D eigenvalue weighted by atomic mass is 9.99. The highest BCUT2D eigenvalue weighted by atomic mass is 79.9. The highest BCUT2D eigenvalue weighted by molar-refractivity contribution is 9.10. The summed E-state index contributed by atoms with van der Waals surface area (Å²) in [7, 11) is 1.90. The number of benzene rings is 2. The van der Waals surface area contributed by atoms with Crippen molar-refractivity contribution < 1.29 is 4.39 Å². The Labute approximate surface area is 142 Å². The molecule has 2 rings (SSSR count). The molecule has 1 N–H and O–H groups in total. The second-order valence-electron chi connectivity index (χ2n) is 4.87. The Morgan fingerprint density at radius 3 is 2.14 bits per heavy atom. The molecule has 5 heteroatoms. The minimum atomic E-state index is -0.319. The van der Waals surface area contributed by atoms with E-state index in [1.54, 1.807) is 6.07 Å². The Bertz CT molecular complexity index is 580. The summed E-state index contributed by atoms with van der Waals surface area (Å²) < 4.78 is 14.0. The summed E-state index contributed by atoms with van der Waals surface area (Å²) in [5.41, 5.74) is 1.99. The van der Waals surface area contributed by atoms with Gasteiger partial charge in [0.2, 0.25) is 0 Å². The summed E-state index contributed by atoms with van der Waals surface area (Å²) in [6.45, 7) is 0. The van der Waals surface area contributed by atoms with Crippen molar-refractivity contribution in [1.29, 1.82) is 0 Å². The topological polar surface area (TPSA) is 12.0 Å². The van der Waals surface area contributed by atoms with E-state index in [0.717, 1.165) is 27.0 Å². The van der Waals surface area contributed by atoms with Gasteiger partial charge in [0.1, 0.15) is 5.82 Å². The number of hydrogen-bond donors (Lipinski definition) is 1. The van der Waals surface area contributed by atoms with E-state index in [1.165, 1.54) is 12.1 Å². The lowest BCUT2D eigenvalue weighted by Crippen LogP contribution is -2.30. The van der Waals surface area contributed by atoms with Gasteiger partial charge >= 0.3 is 0 Å². The number of rotatable bonds is 5. The van der Waals surface area contributed by atoms with E-state index < -0.39 is 0 Å². The van der Waals surface area contributed by atoms with Gasteiger partial charge in [-0.25, -0.2) is 4.39 Å². The van der Waals surface area contributed by atoms with E-state index in [1.807, 2.05) is 25.2 Å². The molecule has 1 unspecified atom stereocenters. The van der Waals surface area contributed by atoms with Gasteiger partial charge in [-0.15, -0.1) is 0 Å². The summed E-state index contributed by atoms with van der Waals surface area (Å²) >= 11 is 15.7. The molecule has 112 valence electrons. The Morgan fingerprint density at radius 1 is 1.05 bits per heavy atom. The van der Waals surface area contributed by atoms with Crippen molar-refractivity contribution in [3.63, 3.8) is 0 Å². The lowest BCUT2D eigenvalue weighted by Gasteiger charge is -2.18. The molecular formula is C16H15BrCl2FN. The summed E-state index contributed by atoms with van der Waals surface area (Å²) in [5.74, 6) is -0.319. The van der Waals surface area contributed by atoms with Crippen LogP contribution in [0.1, 0.15) is 11.1 Å². The van der Waals surface area contributed by atoms with E-state index in [0.29, 0.717) is 11.4 Å². The van der Waals surface area contributed by atoms with Gasteiger partial charge in [0.15, 0.2) is 0 Å². The molecule has 2 aromatic carbocycles. The molecule has 21 heavy (non-hydrogen) atoms. The maximum Gasteiger partial charge on any atom is 0.124 e. The van der Waals surface area contributed by atoms with Gasteiger partial charge in [-0.2, -0.15) is 0 Å². The quantitative estimate of drug-likeness (QED) is 0.733. The molecule has 0 saturated heterocycles. The smallest absolute Gasteiger partial charge is 0.124 e. The van der Waals surface area contributed by atoms with E-state index in [2.05, 4.69) is 21.2 Å². The number of nitrogens with one attached hydrogen (secondary N) is 1. The summed E-state index contributed by atoms with van der Waals surface area (Å²) in [6, 6.07) is 10.5. The van der Waals surface area contributed by atoms with Gasteiger partial charge in [-0.1, -0.05) is 51.3 Å². The molecule has 0 bridgehead atoms. The van der Waals surface area contributed by atoms with Crippen LogP contribution in [0.25, 0.3) is 0 Å². The van der Waals surface area contributed by atoms with Crippen LogP contribution >= 0.6 is 39.1 Å². The summed E-state index contributed by atoms with van der Waals surface area (Å²) in [6.07, 6.45) is 1.48. The van der Waals surface area contributed by atoms with Crippen LogP contribution in [0.4, 0.5) is 4.39 Å². The standard InChI is InChI=1S/C16H15BrCl2FN/c1-21-14(6-10-2-4-12(17)8-15(10)18)7-11-3-5-13(20)9-16(11)19/h2-5,8-9,14,21H,6-7H2,1H3. The predicted molar refractivity (Wildman–Crippen MR) is 90.8 cm³/mol. The first-order valence-electron chi connectivity index (χ1n) is 6.54. The molecule has 0 aromatic heterocycles. The maximum atomic E-state index is 13.1. The van der Waals surface area contributed by atoms with Gasteiger partial charge < -0.3 is 5.32 Å². The highest BCUT2D eigenvalue weighted by Crippen LogP contribution is 2.24. The molecule has 0 saturated carbocycles. The van der Waals surface area contributed by atoms with Gasteiger partial charge in [-0.3, -0.25) is 0 Å². The average Bonchev–Trinajstić information content (AvgIpc) is 2.43. The molecule has 0 fully saturated rings. The fraction of sp³-hybridized carbons (Fsp3) is 0.250. The Kier molecular flexibility index (Phi) is 6.06. The van der Waals surface area contributed by atoms with Gasteiger partial charge in [0.05, 0.1) is 0 Å². The lowest BCUT2D eigenvalue weighted by molar-refractivity contribution is 0.555. The first-order valence-corrected chi connectivity index (χ1v) is 8.09. The van der Waals surface area contributed by atoms with Crippen LogP contribution in [0, 0.1) is 5.82 Å². The van der Waals surface area contributed by atoms with Gasteiger partial charge in [0, 0.05) is 20.6 Å². The van der Waals surface area contributed by atoms with Crippen LogP contribution < -0.4 is 5.32 Å². The SMILES string of the molecule is CNC(Cc1ccc(F)cc1Cl)Cc1ccc(Br)cc1Cl. The molecule has 1 nitrogen and oxygen atoms in total. The van der Waals surface area contributed by atoms with E-state index >= 15 is 0 Å². The number of likely N-dealkylation sites (N-methyl/N-ethyl adjacent to an activating group) is 1. The van der Waals surface area contributed by atoms with Crippen molar-refractivity contribution in [2.45, 2.75) is 18.9 Å². The van der Waals surface area contributed by atoms with Crippen molar-refractivity contribution >= 4 is 39.1 Å². The van der Waals surface area contributed by atoms with E-state index in [9.17, 15) is 4.39 Å². The van der Waals surface area contributed by atoms with Crippen molar-refractivity contribution in [2.75, 3.05) is 7.05 Å². The monoisotopic (exact) mass is 389 g/mol. The average molecular weight is 391 g/mol. The summed E-state index contributed by atoms with van der Waals surface area (Å²) in [5, 5.41) is 4.45. The fourth-order valence-corrected chi connectivity index (χ4v) is 3.18. The molecule has 0 aliphatic rings. The third kappa shape index (κ3) is 4.68.